The molecule has 3 N–H and O–H groups in total. The first kappa shape index (κ1) is 9.26. The van der Waals surface area contributed by atoms with Crippen molar-refractivity contribution in [3.8, 4) is 5.75 Å². The first-order valence-electron chi connectivity index (χ1n) is 4.35. The van der Waals surface area contributed by atoms with Crippen LogP contribution in [0.5, 0.6) is 5.75 Å². The van der Waals surface area contributed by atoms with E-state index in [2.05, 4.69) is 15.5 Å². The highest BCUT2D eigenvalue weighted by Crippen LogP contribution is 2.21. The summed E-state index contributed by atoms with van der Waals surface area (Å²) >= 11 is 0. The molecule has 2 aromatic rings. The van der Waals surface area contributed by atoms with Gasteiger partial charge in [-0.1, -0.05) is 12.1 Å². The molecule has 0 radical (unpaired) electrons. The number of benzene rings is 1. The van der Waals surface area contributed by atoms with E-state index in [-0.39, 0.29) is 11.7 Å². The summed E-state index contributed by atoms with van der Waals surface area (Å²) < 4.78 is 0. The van der Waals surface area contributed by atoms with Crippen LogP contribution in [-0.2, 0) is 0 Å². The lowest BCUT2D eigenvalue weighted by Crippen LogP contribution is -2.10. The fourth-order valence-corrected chi connectivity index (χ4v) is 1.15. The van der Waals surface area contributed by atoms with Crippen molar-refractivity contribution >= 4 is 11.6 Å². The number of aromatic nitrogens is 2. The van der Waals surface area contributed by atoms with E-state index in [1.807, 2.05) is 0 Å². The molecule has 0 unspecified atom stereocenters. The smallest absolute Gasteiger partial charge is 0.258 e. The number of nitrogens with zero attached hydrogens (tertiary/aromatic N) is 1. The Hall–Kier alpha value is -2.30. The quantitative estimate of drug-likeness (QED) is 0.645. The van der Waals surface area contributed by atoms with E-state index < -0.39 is 0 Å². The largest absolute Gasteiger partial charge is 0.506 e. The number of carbonyl (C=O) groups is 1. The van der Waals surface area contributed by atoms with Gasteiger partial charge in [-0.15, -0.1) is 0 Å². The third-order valence-corrected chi connectivity index (χ3v) is 1.91. The Morgan fingerprint density at radius 2 is 2.20 bits per heavy atom. The maximum atomic E-state index is 11.5. The maximum Gasteiger partial charge on any atom is 0.258 e. The fraction of sp³-hybridized carbons (Fsp3) is 0. The van der Waals surface area contributed by atoms with Gasteiger partial charge in [0.2, 0.25) is 0 Å². The van der Waals surface area contributed by atoms with Gasteiger partial charge >= 0.3 is 0 Å². The molecule has 1 aromatic carbocycles. The number of H-pyrrole nitrogens is 1. The Morgan fingerprint density at radius 3 is 2.87 bits per heavy atom. The molecule has 0 bridgehead atoms. The van der Waals surface area contributed by atoms with Gasteiger partial charge in [-0.2, -0.15) is 5.10 Å². The van der Waals surface area contributed by atoms with E-state index >= 15 is 0 Å². The van der Waals surface area contributed by atoms with Crippen LogP contribution in [0, 0.1) is 0 Å². The number of rotatable bonds is 2. The summed E-state index contributed by atoms with van der Waals surface area (Å²) in [4.78, 5) is 11.5. The number of aromatic hydroxyl groups is 1. The lowest BCUT2D eigenvalue weighted by molar-refractivity contribution is 0.102. The maximum absolute atomic E-state index is 11.5. The molecule has 2 rings (SSSR count). The van der Waals surface area contributed by atoms with E-state index in [9.17, 15) is 9.90 Å². The number of amides is 1. The topological polar surface area (TPSA) is 78.0 Å². The van der Waals surface area contributed by atoms with Crippen LogP contribution in [0.15, 0.2) is 36.7 Å². The zero-order valence-corrected chi connectivity index (χ0v) is 7.77. The summed E-state index contributed by atoms with van der Waals surface area (Å²) in [5, 5.41) is 18.2. The van der Waals surface area contributed by atoms with Crippen molar-refractivity contribution in [1.29, 1.82) is 0 Å². The van der Waals surface area contributed by atoms with Crippen LogP contribution in [0.1, 0.15) is 10.4 Å². The predicted molar refractivity (Wildman–Crippen MR) is 54.6 cm³/mol. The molecule has 0 aliphatic carbocycles. The zero-order chi connectivity index (χ0) is 10.7. The lowest BCUT2D eigenvalue weighted by atomic mass is 10.2. The molecule has 1 aromatic heterocycles. The van der Waals surface area contributed by atoms with Crippen LogP contribution < -0.4 is 5.32 Å². The highest BCUT2D eigenvalue weighted by Gasteiger charge is 2.08. The third-order valence-electron chi connectivity index (χ3n) is 1.91. The molecule has 76 valence electrons. The molecule has 1 heterocycles. The van der Waals surface area contributed by atoms with Crippen LogP contribution in [0.25, 0.3) is 0 Å². The van der Waals surface area contributed by atoms with E-state index in [1.165, 1.54) is 18.5 Å². The van der Waals surface area contributed by atoms with Gasteiger partial charge in [-0.05, 0) is 12.1 Å². The number of nitrogens with one attached hydrogen (secondary N) is 2. The predicted octanol–water partition coefficient (Wildman–Crippen LogP) is 1.37. The standard InChI is InChI=1S/C10H9N3O2/c14-9-4-2-1-3-8(9)13-10(15)7-5-11-12-6-7/h1-6,14H,(H,11,12)(H,13,15). The monoisotopic (exact) mass is 203 g/mol. The summed E-state index contributed by atoms with van der Waals surface area (Å²) in [6, 6.07) is 6.53. The highest BCUT2D eigenvalue weighted by atomic mass is 16.3. The van der Waals surface area contributed by atoms with Gasteiger partial charge in [0.25, 0.3) is 5.91 Å². The van der Waals surface area contributed by atoms with E-state index in [0.29, 0.717) is 11.3 Å². The van der Waals surface area contributed by atoms with Crippen molar-refractivity contribution in [2.24, 2.45) is 0 Å². The SMILES string of the molecule is O=C(Nc1ccccc1O)c1cn[nH]c1. The molecular formula is C10H9N3O2. The number of anilines is 1. The molecule has 0 spiro atoms. The van der Waals surface area contributed by atoms with Crippen molar-refractivity contribution < 1.29 is 9.90 Å². The summed E-state index contributed by atoms with van der Waals surface area (Å²) in [6.45, 7) is 0. The summed E-state index contributed by atoms with van der Waals surface area (Å²) in [5.41, 5.74) is 0.793. The molecule has 1 amide bonds. The van der Waals surface area contributed by atoms with E-state index in [0.717, 1.165) is 0 Å². The van der Waals surface area contributed by atoms with Gasteiger partial charge in [0.15, 0.2) is 0 Å². The molecule has 0 atom stereocenters. The average Bonchev–Trinajstić information content (AvgIpc) is 2.74. The number of carbonyl (C=O) groups excluding carboxylic acids is 1. The second-order valence-corrected chi connectivity index (χ2v) is 2.96. The Labute approximate surface area is 85.8 Å². The van der Waals surface area contributed by atoms with Crippen LogP contribution in [0.2, 0.25) is 0 Å². The van der Waals surface area contributed by atoms with E-state index in [4.69, 9.17) is 0 Å². The van der Waals surface area contributed by atoms with Gasteiger partial charge in [-0.25, -0.2) is 0 Å². The normalized spacial score (nSPS) is 9.87. The van der Waals surface area contributed by atoms with Crippen LogP contribution in [-0.4, -0.2) is 21.2 Å². The fourth-order valence-electron chi connectivity index (χ4n) is 1.15. The van der Waals surface area contributed by atoms with Crippen molar-refractivity contribution in [3.63, 3.8) is 0 Å². The van der Waals surface area contributed by atoms with Crippen LogP contribution >= 0.6 is 0 Å². The summed E-state index contributed by atoms with van der Waals surface area (Å²) in [7, 11) is 0. The van der Waals surface area contributed by atoms with Crippen molar-refractivity contribution in [1.82, 2.24) is 10.2 Å². The molecule has 5 heteroatoms. The van der Waals surface area contributed by atoms with Crippen LogP contribution in [0.3, 0.4) is 0 Å². The van der Waals surface area contributed by atoms with E-state index in [1.54, 1.807) is 18.2 Å². The van der Waals surface area contributed by atoms with Gasteiger partial charge in [0.1, 0.15) is 5.75 Å². The summed E-state index contributed by atoms with van der Waals surface area (Å²) in [5.74, 6) is -0.278. The van der Waals surface area contributed by atoms with Crippen molar-refractivity contribution in [3.05, 3.63) is 42.2 Å². The van der Waals surface area contributed by atoms with Gasteiger partial charge in [0, 0.05) is 6.20 Å². The number of phenols is 1. The molecule has 5 nitrogen and oxygen atoms in total. The first-order valence-corrected chi connectivity index (χ1v) is 4.35. The number of para-hydroxylation sites is 2. The number of aromatic amines is 1. The highest BCUT2D eigenvalue weighted by molar-refractivity contribution is 6.04. The average molecular weight is 203 g/mol. The minimum atomic E-state index is -0.315. The molecule has 0 fully saturated rings. The number of phenolic OH excluding ortho intramolecular Hbond substituents is 1. The van der Waals surface area contributed by atoms with Crippen molar-refractivity contribution in [2.75, 3.05) is 5.32 Å². The minimum Gasteiger partial charge on any atom is -0.506 e. The summed E-state index contributed by atoms with van der Waals surface area (Å²) in [6.07, 6.45) is 2.89. The Bertz CT molecular complexity index is 465. The van der Waals surface area contributed by atoms with Crippen molar-refractivity contribution in [2.45, 2.75) is 0 Å². The number of hydrogen-bond acceptors (Lipinski definition) is 3. The Balaban J connectivity index is 2.17. The Kier molecular flexibility index (Phi) is 2.37. The first-order chi connectivity index (χ1) is 7.27. The molecule has 0 aliphatic rings. The molecule has 0 saturated carbocycles. The minimum absolute atomic E-state index is 0.0364. The zero-order valence-electron chi connectivity index (χ0n) is 7.77. The van der Waals surface area contributed by atoms with Crippen LogP contribution in [0.4, 0.5) is 5.69 Å². The molecule has 0 saturated heterocycles. The lowest BCUT2D eigenvalue weighted by Gasteiger charge is -2.04. The third kappa shape index (κ3) is 1.96. The second kappa shape index (κ2) is 3.83. The molecular weight excluding hydrogens is 194 g/mol. The number of hydrogen-bond donors (Lipinski definition) is 3. The molecule has 0 aliphatic heterocycles. The van der Waals surface area contributed by atoms with Gasteiger partial charge < -0.3 is 10.4 Å². The Morgan fingerprint density at radius 1 is 1.40 bits per heavy atom. The second-order valence-electron chi connectivity index (χ2n) is 2.96. The molecule has 15 heavy (non-hydrogen) atoms. The van der Waals surface area contributed by atoms with Gasteiger partial charge in [-0.3, -0.25) is 9.89 Å². The van der Waals surface area contributed by atoms with Gasteiger partial charge in [0.05, 0.1) is 17.4 Å².